The summed E-state index contributed by atoms with van der Waals surface area (Å²) in [4.78, 5) is 0. The van der Waals surface area contributed by atoms with Gasteiger partial charge in [0.15, 0.2) is 0 Å². The maximum atomic E-state index is 9.58. The maximum Gasteiger partial charge on any atom is 0.127 e. The highest BCUT2D eigenvalue weighted by atomic mass is 16.5. The zero-order chi connectivity index (χ0) is 13.1. The van der Waals surface area contributed by atoms with Crippen molar-refractivity contribution in [3.05, 3.63) is 48.0 Å². The summed E-state index contributed by atoms with van der Waals surface area (Å²) >= 11 is 0. The Morgan fingerprint density at radius 3 is 2.22 bits per heavy atom. The third-order valence-corrected chi connectivity index (χ3v) is 2.62. The van der Waals surface area contributed by atoms with Crippen LogP contribution >= 0.6 is 0 Å². The van der Waals surface area contributed by atoms with E-state index in [9.17, 15) is 5.11 Å². The van der Waals surface area contributed by atoms with Crippen LogP contribution in [0, 0.1) is 0 Å². The van der Waals surface area contributed by atoms with Crippen molar-refractivity contribution < 1.29 is 9.84 Å². The molecular weight excluding hydrogens is 228 g/mol. The fraction of sp³-hybridized carbons (Fsp3) is 0.143. The van der Waals surface area contributed by atoms with Crippen molar-refractivity contribution in [3.8, 4) is 11.5 Å². The maximum absolute atomic E-state index is 9.58. The van der Waals surface area contributed by atoms with Crippen LogP contribution in [0.1, 0.15) is 18.6 Å². The molecule has 2 aromatic carbocycles. The second kappa shape index (κ2) is 4.98. The van der Waals surface area contributed by atoms with Crippen molar-refractivity contribution in [2.24, 2.45) is 0 Å². The molecule has 0 aliphatic rings. The van der Waals surface area contributed by atoms with Gasteiger partial charge in [-0.2, -0.15) is 0 Å². The Kier molecular flexibility index (Phi) is 3.39. The van der Waals surface area contributed by atoms with E-state index in [2.05, 4.69) is 0 Å². The highest BCUT2D eigenvalue weighted by Crippen LogP contribution is 2.28. The third-order valence-electron chi connectivity index (χ3n) is 2.62. The van der Waals surface area contributed by atoms with E-state index in [-0.39, 0.29) is 0 Å². The molecule has 0 fully saturated rings. The van der Waals surface area contributed by atoms with Crippen LogP contribution in [0.2, 0.25) is 0 Å². The second-order valence-corrected chi connectivity index (χ2v) is 4.14. The van der Waals surface area contributed by atoms with E-state index >= 15 is 0 Å². The van der Waals surface area contributed by atoms with Gasteiger partial charge in [-0.3, -0.25) is 0 Å². The summed E-state index contributed by atoms with van der Waals surface area (Å²) < 4.78 is 5.66. The molecule has 2 rings (SSSR count). The molecule has 0 aliphatic carbocycles. The Hall–Kier alpha value is -2.20. The Morgan fingerprint density at radius 1 is 1.00 bits per heavy atom. The zero-order valence-electron chi connectivity index (χ0n) is 10.1. The third kappa shape index (κ3) is 2.73. The number of anilines is 2. The molecule has 0 heterocycles. The number of nitrogen functional groups attached to an aromatic ring is 2. The zero-order valence-corrected chi connectivity index (χ0v) is 10.1. The van der Waals surface area contributed by atoms with Crippen molar-refractivity contribution >= 4 is 11.4 Å². The van der Waals surface area contributed by atoms with Gasteiger partial charge in [0.1, 0.15) is 11.5 Å². The van der Waals surface area contributed by atoms with Gasteiger partial charge < -0.3 is 21.3 Å². The minimum atomic E-state index is -0.625. The molecule has 0 aliphatic heterocycles. The van der Waals surface area contributed by atoms with E-state index in [4.69, 9.17) is 16.2 Å². The average Bonchev–Trinajstić information content (AvgIpc) is 2.34. The van der Waals surface area contributed by atoms with Crippen LogP contribution in [0.15, 0.2) is 42.5 Å². The van der Waals surface area contributed by atoms with E-state index in [1.54, 1.807) is 49.4 Å². The van der Waals surface area contributed by atoms with E-state index in [1.165, 1.54) is 0 Å². The second-order valence-electron chi connectivity index (χ2n) is 4.14. The van der Waals surface area contributed by atoms with Gasteiger partial charge in [0, 0.05) is 16.9 Å². The average molecular weight is 244 g/mol. The molecule has 0 amide bonds. The lowest BCUT2D eigenvalue weighted by molar-refractivity contribution is 0.199. The van der Waals surface area contributed by atoms with Gasteiger partial charge in [-0.25, -0.2) is 0 Å². The Morgan fingerprint density at radius 2 is 1.61 bits per heavy atom. The number of rotatable bonds is 3. The molecule has 2 aromatic rings. The smallest absolute Gasteiger partial charge is 0.127 e. The molecule has 18 heavy (non-hydrogen) atoms. The molecule has 94 valence electrons. The van der Waals surface area contributed by atoms with Crippen LogP contribution in [0.3, 0.4) is 0 Å². The van der Waals surface area contributed by atoms with Crippen LogP contribution < -0.4 is 16.2 Å². The number of benzene rings is 2. The van der Waals surface area contributed by atoms with Gasteiger partial charge in [-0.1, -0.05) is 0 Å². The topological polar surface area (TPSA) is 81.5 Å². The largest absolute Gasteiger partial charge is 0.457 e. The molecule has 0 spiro atoms. The summed E-state index contributed by atoms with van der Waals surface area (Å²) in [5.74, 6) is 1.32. The molecule has 1 unspecified atom stereocenters. The van der Waals surface area contributed by atoms with Gasteiger partial charge in [-0.05, 0) is 49.4 Å². The predicted octanol–water partition coefficient (Wildman–Crippen LogP) is 2.70. The number of hydrogen-bond acceptors (Lipinski definition) is 4. The minimum Gasteiger partial charge on any atom is -0.457 e. The molecule has 4 nitrogen and oxygen atoms in total. The van der Waals surface area contributed by atoms with Crippen LogP contribution in [0.25, 0.3) is 0 Å². The first kappa shape index (κ1) is 12.3. The van der Waals surface area contributed by atoms with Crippen molar-refractivity contribution in [1.29, 1.82) is 0 Å². The summed E-state index contributed by atoms with van der Waals surface area (Å²) in [6.07, 6.45) is -0.625. The van der Waals surface area contributed by atoms with Gasteiger partial charge in [0.2, 0.25) is 0 Å². The lowest BCUT2D eigenvalue weighted by Crippen LogP contribution is -1.99. The molecule has 0 bridgehead atoms. The molecule has 0 saturated carbocycles. The number of ether oxygens (including phenoxy) is 1. The number of aliphatic hydroxyl groups is 1. The number of nitrogens with two attached hydrogens (primary N) is 2. The van der Waals surface area contributed by atoms with Gasteiger partial charge in [0.05, 0.1) is 6.10 Å². The van der Waals surface area contributed by atoms with E-state index in [1.807, 2.05) is 0 Å². The highest BCUT2D eigenvalue weighted by Gasteiger charge is 2.07. The Balaban J connectivity index is 2.24. The first-order chi connectivity index (χ1) is 8.56. The molecule has 0 aromatic heterocycles. The molecule has 0 saturated heterocycles. The lowest BCUT2D eigenvalue weighted by atomic mass is 10.1. The first-order valence-electron chi connectivity index (χ1n) is 5.67. The van der Waals surface area contributed by atoms with Crippen molar-refractivity contribution in [1.82, 2.24) is 0 Å². The summed E-state index contributed by atoms with van der Waals surface area (Å²) in [5.41, 5.74) is 13.3. The van der Waals surface area contributed by atoms with Crippen LogP contribution in [0.4, 0.5) is 11.4 Å². The van der Waals surface area contributed by atoms with E-state index in [0.717, 1.165) is 0 Å². The summed E-state index contributed by atoms with van der Waals surface area (Å²) in [6.45, 7) is 1.67. The molecule has 0 radical (unpaired) electrons. The summed E-state index contributed by atoms with van der Waals surface area (Å²) in [5, 5.41) is 9.58. The molecular formula is C14H16N2O2. The van der Waals surface area contributed by atoms with Crippen molar-refractivity contribution in [2.75, 3.05) is 11.5 Å². The van der Waals surface area contributed by atoms with Crippen LogP contribution in [0.5, 0.6) is 11.5 Å². The standard InChI is InChI=1S/C14H16N2O2/c1-9(17)13-8-12(6-7-14(13)16)18-11-4-2-10(15)3-5-11/h2-9,17H,15-16H2,1H3. The van der Waals surface area contributed by atoms with E-state index < -0.39 is 6.10 Å². The predicted molar refractivity (Wildman–Crippen MR) is 72.4 cm³/mol. The molecule has 1 atom stereocenters. The van der Waals surface area contributed by atoms with Crippen LogP contribution in [-0.2, 0) is 0 Å². The van der Waals surface area contributed by atoms with E-state index in [0.29, 0.717) is 28.4 Å². The fourth-order valence-electron chi connectivity index (χ4n) is 1.65. The summed E-state index contributed by atoms with van der Waals surface area (Å²) in [7, 11) is 0. The lowest BCUT2D eigenvalue weighted by Gasteiger charge is -2.12. The normalized spacial score (nSPS) is 12.1. The number of aliphatic hydroxyl groups excluding tert-OH is 1. The summed E-state index contributed by atoms with van der Waals surface area (Å²) in [6, 6.07) is 12.3. The Bertz CT molecular complexity index is 536. The molecule has 5 N–H and O–H groups in total. The SMILES string of the molecule is CC(O)c1cc(Oc2ccc(N)cc2)ccc1N. The highest BCUT2D eigenvalue weighted by molar-refractivity contribution is 5.52. The van der Waals surface area contributed by atoms with Gasteiger partial charge in [0.25, 0.3) is 0 Å². The first-order valence-corrected chi connectivity index (χ1v) is 5.67. The minimum absolute atomic E-state index is 0.551. The van der Waals surface area contributed by atoms with Crippen molar-refractivity contribution in [2.45, 2.75) is 13.0 Å². The quantitative estimate of drug-likeness (QED) is 0.725. The van der Waals surface area contributed by atoms with Crippen molar-refractivity contribution in [3.63, 3.8) is 0 Å². The Labute approximate surface area is 106 Å². The molecule has 4 heteroatoms. The van der Waals surface area contributed by atoms with Gasteiger partial charge >= 0.3 is 0 Å². The van der Waals surface area contributed by atoms with Crippen LogP contribution in [-0.4, -0.2) is 5.11 Å². The van der Waals surface area contributed by atoms with Gasteiger partial charge in [-0.15, -0.1) is 0 Å². The number of hydrogen-bond donors (Lipinski definition) is 3. The fourth-order valence-corrected chi connectivity index (χ4v) is 1.65. The monoisotopic (exact) mass is 244 g/mol.